The summed E-state index contributed by atoms with van der Waals surface area (Å²) in [7, 11) is 0. The van der Waals surface area contributed by atoms with E-state index < -0.39 is 11.4 Å². The predicted molar refractivity (Wildman–Crippen MR) is 122 cm³/mol. The Labute approximate surface area is 186 Å². The number of fused-ring (bicyclic) bond motifs is 2. The molecule has 0 radical (unpaired) electrons. The number of hydrogen-bond acceptors (Lipinski definition) is 5. The molecule has 1 saturated heterocycles. The van der Waals surface area contributed by atoms with Crippen LogP contribution in [0.4, 0.5) is 0 Å². The Morgan fingerprint density at radius 3 is 2.70 bits per heavy atom. The Kier molecular flexibility index (Phi) is 5.95. The molecule has 162 valence electrons. The highest BCUT2D eigenvalue weighted by Crippen LogP contribution is 2.33. The van der Waals surface area contributed by atoms with Crippen molar-refractivity contribution in [2.75, 3.05) is 32.7 Å². The molecule has 2 aliphatic heterocycles. The molecule has 0 saturated carbocycles. The number of aliphatic imine (C=N–C) groups is 1. The Balaban J connectivity index is 1.57. The van der Waals surface area contributed by atoms with Crippen molar-refractivity contribution in [2.45, 2.75) is 44.2 Å². The number of alkyl halides is 1. The number of ether oxygens (including phenoxy) is 1. The van der Waals surface area contributed by atoms with Gasteiger partial charge in [0.05, 0.1) is 17.0 Å². The molecular formula is C23H30BrN3O3. The molecular weight excluding hydrogens is 446 g/mol. The van der Waals surface area contributed by atoms with Crippen LogP contribution in [0.3, 0.4) is 0 Å². The molecule has 1 N–H and O–H groups in total. The number of carboxylic acids is 1. The van der Waals surface area contributed by atoms with E-state index in [0.29, 0.717) is 11.4 Å². The predicted octanol–water partition coefficient (Wildman–Crippen LogP) is 3.32. The molecule has 1 aromatic rings. The van der Waals surface area contributed by atoms with E-state index in [1.54, 1.807) is 13.8 Å². The summed E-state index contributed by atoms with van der Waals surface area (Å²) in [5.41, 5.74) is 1.48. The average Bonchev–Trinajstić information content (AvgIpc) is 2.84. The van der Waals surface area contributed by atoms with E-state index >= 15 is 0 Å². The summed E-state index contributed by atoms with van der Waals surface area (Å²) in [6.45, 7) is 9.53. The number of aliphatic carboxylic acids is 1. The minimum Gasteiger partial charge on any atom is -0.483 e. The lowest BCUT2D eigenvalue weighted by atomic mass is 9.93. The molecule has 0 aromatic heterocycles. The first-order chi connectivity index (χ1) is 14.2. The third-order valence-electron chi connectivity index (χ3n) is 6.15. The first-order valence-corrected chi connectivity index (χ1v) is 11.5. The maximum Gasteiger partial charge on any atom is 0.310 e. The number of carboxylic acid groups (broad SMARTS) is 1. The van der Waals surface area contributed by atoms with Gasteiger partial charge in [-0.2, -0.15) is 0 Å². The van der Waals surface area contributed by atoms with Crippen molar-refractivity contribution in [2.24, 2.45) is 10.4 Å². The topological polar surface area (TPSA) is 65.4 Å². The molecule has 0 bridgehead atoms. The maximum atomic E-state index is 11.5. The van der Waals surface area contributed by atoms with E-state index in [-0.39, 0.29) is 12.1 Å². The molecule has 7 heteroatoms. The third-order valence-corrected chi connectivity index (χ3v) is 6.83. The Morgan fingerprint density at radius 2 is 2.00 bits per heavy atom. The minimum atomic E-state index is -0.750. The molecule has 3 atom stereocenters. The Morgan fingerprint density at radius 1 is 1.27 bits per heavy atom. The molecule has 0 amide bonds. The summed E-state index contributed by atoms with van der Waals surface area (Å²) in [4.78, 5) is 21.6. The summed E-state index contributed by atoms with van der Waals surface area (Å²) < 4.78 is 6.40. The number of nitrogens with zero attached hydrogens (tertiary/aromatic N) is 3. The van der Waals surface area contributed by atoms with Crippen molar-refractivity contribution in [3.05, 3.63) is 41.5 Å². The quantitative estimate of drug-likeness (QED) is 0.536. The zero-order valence-electron chi connectivity index (χ0n) is 17.8. The van der Waals surface area contributed by atoms with Crippen molar-refractivity contribution in [1.29, 1.82) is 0 Å². The maximum absolute atomic E-state index is 11.5. The Bertz CT molecular complexity index is 874. The number of rotatable bonds is 3. The SMILES string of the molecule is Cc1ccc2c(c1)OC1C=CC(Br)CC1N=C2N1CCN(CC(C)(C)C(=O)O)CC1. The minimum absolute atomic E-state index is 0.0468. The van der Waals surface area contributed by atoms with Crippen LogP contribution in [-0.2, 0) is 4.79 Å². The first kappa shape index (κ1) is 21.4. The van der Waals surface area contributed by atoms with Crippen molar-refractivity contribution < 1.29 is 14.6 Å². The van der Waals surface area contributed by atoms with Crippen LogP contribution in [0.5, 0.6) is 5.75 Å². The third kappa shape index (κ3) is 4.42. The molecule has 1 aliphatic carbocycles. The summed E-state index contributed by atoms with van der Waals surface area (Å²) in [5, 5.41) is 9.44. The highest BCUT2D eigenvalue weighted by Gasteiger charge is 2.35. The average molecular weight is 476 g/mol. The summed E-state index contributed by atoms with van der Waals surface area (Å²) in [6.07, 6.45) is 5.14. The highest BCUT2D eigenvalue weighted by atomic mass is 79.9. The molecule has 0 spiro atoms. The van der Waals surface area contributed by atoms with Gasteiger partial charge in [0.2, 0.25) is 0 Å². The van der Waals surface area contributed by atoms with Crippen LogP contribution in [0.2, 0.25) is 0 Å². The van der Waals surface area contributed by atoms with Gasteiger partial charge in [-0.3, -0.25) is 14.7 Å². The van der Waals surface area contributed by atoms with Crippen molar-refractivity contribution in [3.63, 3.8) is 0 Å². The fourth-order valence-corrected chi connectivity index (χ4v) is 4.89. The van der Waals surface area contributed by atoms with E-state index in [1.807, 2.05) is 0 Å². The van der Waals surface area contributed by atoms with E-state index in [1.165, 1.54) is 5.56 Å². The van der Waals surface area contributed by atoms with E-state index in [4.69, 9.17) is 9.73 Å². The van der Waals surface area contributed by atoms with Crippen LogP contribution in [0.15, 0.2) is 35.3 Å². The number of halogens is 1. The molecule has 4 rings (SSSR count). The van der Waals surface area contributed by atoms with Crippen LogP contribution in [0.1, 0.15) is 31.4 Å². The lowest BCUT2D eigenvalue weighted by molar-refractivity contribution is -0.148. The number of allylic oxidation sites excluding steroid dienone is 1. The van der Waals surface area contributed by atoms with Gasteiger partial charge in [-0.25, -0.2) is 0 Å². The molecule has 3 unspecified atom stereocenters. The smallest absolute Gasteiger partial charge is 0.310 e. The van der Waals surface area contributed by atoms with Crippen molar-refractivity contribution in [3.8, 4) is 5.75 Å². The number of aryl methyl sites for hydroxylation is 1. The number of hydrogen-bond donors (Lipinski definition) is 1. The summed E-state index contributed by atoms with van der Waals surface area (Å²) >= 11 is 3.71. The van der Waals surface area contributed by atoms with Crippen molar-refractivity contribution >= 4 is 27.7 Å². The molecule has 6 nitrogen and oxygen atoms in total. The molecule has 3 aliphatic rings. The number of benzene rings is 1. The van der Waals surface area contributed by atoms with Gasteiger partial charge in [0.25, 0.3) is 0 Å². The normalized spacial score (nSPS) is 26.9. The van der Waals surface area contributed by atoms with Crippen molar-refractivity contribution in [1.82, 2.24) is 9.80 Å². The molecule has 2 heterocycles. The lowest BCUT2D eigenvalue weighted by Gasteiger charge is -2.39. The second kappa shape index (κ2) is 8.35. The van der Waals surface area contributed by atoms with Gasteiger partial charge >= 0.3 is 5.97 Å². The van der Waals surface area contributed by atoms with Gasteiger partial charge in [-0.15, -0.1) is 0 Å². The van der Waals surface area contributed by atoms with Gasteiger partial charge in [0.1, 0.15) is 17.7 Å². The van der Waals surface area contributed by atoms with Gasteiger partial charge in [0.15, 0.2) is 0 Å². The van der Waals surface area contributed by atoms with Gasteiger partial charge in [-0.05, 0) is 51.0 Å². The Hall–Kier alpha value is -1.86. The van der Waals surface area contributed by atoms with Crippen LogP contribution in [0.25, 0.3) is 0 Å². The summed E-state index contributed by atoms with van der Waals surface area (Å²) in [5.74, 6) is 1.15. The monoisotopic (exact) mass is 475 g/mol. The van der Waals surface area contributed by atoms with Gasteiger partial charge < -0.3 is 14.7 Å². The van der Waals surface area contributed by atoms with Crippen LogP contribution < -0.4 is 4.74 Å². The number of carbonyl (C=O) groups is 1. The van der Waals surface area contributed by atoms with Crippen LogP contribution >= 0.6 is 15.9 Å². The first-order valence-electron chi connectivity index (χ1n) is 10.6. The summed E-state index contributed by atoms with van der Waals surface area (Å²) in [6, 6.07) is 6.41. The van der Waals surface area contributed by atoms with E-state index in [2.05, 4.69) is 63.0 Å². The standard InChI is InChI=1S/C23H30BrN3O3/c1-15-4-6-17-20(12-15)30-19-7-5-16(24)13-18(19)25-21(17)27-10-8-26(9-11-27)14-23(2,3)22(28)29/h4-7,12,16,18-19H,8-11,13-14H2,1-3H3,(H,28,29). The van der Waals surface area contributed by atoms with E-state index in [9.17, 15) is 9.90 Å². The lowest BCUT2D eigenvalue weighted by Crippen LogP contribution is -2.52. The fourth-order valence-electron chi connectivity index (χ4n) is 4.33. The second-order valence-electron chi connectivity index (χ2n) is 9.19. The van der Waals surface area contributed by atoms with E-state index in [0.717, 1.165) is 49.7 Å². The number of amidine groups is 1. The fraction of sp³-hybridized carbons (Fsp3) is 0.565. The molecule has 30 heavy (non-hydrogen) atoms. The van der Waals surface area contributed by atoms with Crippen LogP contribution in [-0.4, -0.2) is 76.4 Å². The van der Waals surface area contributed by atoms with Crippen LogP contribution in [0, 0.1) is 12.3 Å². The molecule has 1 aromatic carbocycles. The molecule has 1 fully saturated rings. The second-order valence-corrected chi connectivity index (χ2v) is 10.4. The highest BCUT2D eigenvalue weighted by molar-refractivity contribution is 9.09. The van der Waals surface area contributed by atoms with Gasteiger partial charge in [0, 0.05) is 37.6 Å². The zero-order chi connectivity index (χ0) is 21.5. The largest absolute Gasteiger partial charge is 0.483 e. The number of piperazine rings is 1. The van der Waals surface area contributed by atoms with Gasteiger partial charge in [-0.1, -0.05) is 28.1 Å². The zero-order valence-corrected chi connectivity index (χ0v) is 19.4.